The molecule has 1 aromatic heterocycles. The van der Waals surface area contributed by atoms with Gasteiger partial charge in [-0.05, 0) is 47.5 Å². The third-order valence-electron chi connectivity index (χ3n) is 3.75. The lowest BCUT2D eigenvalue weighted by molar-refractivity contribution is 0.0949. The minimum Gasteiger partial charge on any atom is -0.345 e. The summed E-state index contributed by atoms with van der Waals surface area (Å²) in [5.74, 6) is 0.593. The van der Waals surface area contributed by atoms with Crippen molar-refractivity contribution in [2.45, 2.75) is 38.3 Å². The van der Waals surface area contributed by atoms with Crippen LogP contribution in [0.2, 0.25) is 0 Å². The second-order valence-electron chi connectivity index (χ2n) is 5.17. The second-order valence-corrected chi connectivity index (χ2v) is 6.08. The van der Waals surface area contributed by atoms with Crippen molar-refractivity contribution in [3.63, 3.8) is 0 Å². The van der Waals surface area contributed by atoms with Crippen LogP contribution in [0.3, 0.4) is 0 Å². The summed E-state index contributed by atoms with van der Waals surface area (Å²) in [4.78, 5) is 12.1. The van der Waals surface area contributed by atoms with E-state index in [-0.39, 0.29) is 5.91 Å². The van der Waals surface area contributed by atoms with Crippen molar-refractivity contribution in [2.75, 3.05) is 0 Å². The van der Waals surface area contributed by atoms with Crippen molar-refractivity contribution in [1.29, 1.82) is 0 Å². The van der Waals surface area contributed by atoms with E-state index in [0.717, 1.165) is 17.3 Å². The molecule has 0 bridgehead atoms. The van der Waals surface area contributed by atoms with Crippen LogP contribution in [0.25, 0.3) is 0 Å². The number of amides is 1. The van der Waals surface area contributed by atoms with Gasteiger partial charge in [0.1, 0.15) is 0 Å². The second kappa shape index (κ2) is 6.34. The molecule has 1 aromatic carbocycles. The van der Waals surface area contributed by atoms with Crippen molar-refractivity contribution >= 4 is 21.8 Å². The molecule has 0 aliphatic heterocycles. The fraction of sp³-hybridized carbons (Fsp3) is 0.429. The Hall–Kier alpha value is -1.76. The molecule has 1 aliphatic carbocycles. The molecule has 3 rings (SSSR count). The van der Waals surface area contributed by atoms with Crippen LogP contribution < -0.4 is 5.32 Å². The van der Waals surface area contributed by atoms with E-state index in [9.17, 15) is 4.79 Å². The van der Waals surface area contributed by atoms with Crippen molar-refractivity contribution in [2.24, 2.45) is 0 Å². The quantitative estimate of drug-likeness (QED) is 0.920. The van der Waals surface area contributed by atoms with Crippen LogP contribution in [0.15, 0.2) is 28.7 Å². The molecule has 0 unspecified atom stereocenters. The van der Waals surface area contributed by atoms with Crippen molar-refractivity contribution in [3.8, 4) is 0 Å². The molecule has 110 valence electrons. The fourth-order valence-corrected chi connectivity index (χ4v) is 2.89. The molecule has 1 N–H and O–H groups in total. The number of halogens is 1. The first-order chi connectivity index (χ1) is 10.2. The number of carbonyl (C=O) groups excluding carboxylic acids is 1. The topological polar surface area (TPSA) is 72.7 Å². The van der Waals surface area contributed by atoms with E-state index < -0.39 is 0 Å². The molecule has 1 saturated carbocycles. The first kappa shape index (κ1) is 14.2. The summed E-state index contributed by atoms with van der Waals surface area (Å²) < 4.78 is 2.80. The lowest BCUT2D eigenvalue weighted by Crippen LogP contribution is -2.25. The molecular formula is C14H16BrN5O. The Labute approximate surface area is 131 Å². The van der Waals surface area contributed by atoms with Crippen molar-refractivity contribution < 1.29 is 4.79 Å². The van der Waals surface area contributed by atoms with Gasteiger partial charge in [0.25, 0.3) is 5.91 Å². The first-order valence-electron chi connectivity index (χ1n) is 7.04. The zero-order valence-corrected chi connectivity index (χ0v) is 13.1. The molecule has 1 aliphatic rings. The number of benzene rings is 1. The maximum atomic E-state index is 12.1. The Balaban J connectivity index is 1.63. The molecule has 1 amide bonds. The van der Waals surface area contributed by atoms with Crippen molar-refractivity contribution in [1.82, 2.24) is 25.5 Å². The predicted octanol–water partition coefficient (Wildman–Crippen LogP) is 2.48. The maximum Gasteiger partial charge on any atom is 0.251 e. The molecule has 0 radical (unpaired) electrons. The zero-order valence-electron chi connectivity index (χ0n) is 11.5. The minimum atomic E-state index is -0.122. The van der Waals surface area contributed by atoms with Crippen LogP contribution in [0.5, 0.6) is 0 Å². The van der Waals surface area contributed by atoms with E-state index in [1.54, 1.807) is 12.1 Å². The molecule has 0 spiro atoms. The number of hydrogen-bond acceptors (Lipinski definition) is 4. The van der Waals surface area contributed by atoms with Gasteiger partial charge in [-0.3, -0.25) is 4.79 Å². The molecule has 2 aromatic rings. The number of nitrogens with one attached hydrogen (secondary N) is 1. The monoisotopic (exact) mass is 349 g/mol. The van der Waals surface area contributed by atoms with Gasteiger partial charge in [0.05, 0.1) is 12.6 Å². The molecule has 1 heterocycles. The third-order valence-corrected chi connectivity index (χ3v) is 4.27. The van der Waals surface area contributed by atoms with E-state index >= 15 is 0 Å². The number of rotatable bonds is 4. The smallest absolute Gasteiger partial charge is 0.251 e. The van der Waals surface area contributed by atoms with E-state index in [4.69, 9.17) is 0 Å². The summed E-state index contributed by atoms with van der Waals surface area (Å²) in [6.07, 6.45) is 4.65. The summed E-state index contributed by atoms with van der Waals surface area (Å²) in [5, 5.41) is 14.7. The van der Waals surface area contributed by atoms with Crippen LogP contribution in [-0.4, -0.2) is 26.1 Å². The summed E-state index contributed by atoms with van der Waals surface area (Å²) in [5.41, 5.74) is 0.623. The largest absolute Gasteiger partial charge is 0.345 e. The Morgan fingerprint density at radius 3 is 2.71 bits per heavy atom. The molecular weight excluding hydrogens is 334 g/mol. The Morgan fingerprint density at radius 2 is 2.00 bits per heavy atom. The highest BCUT2D eigenvalue weighted by Crippen LogP contribution is 2.28. The summed E-state index contributed by atoms with van der Waals surface area (Å²) in [7, 11) is 0. The van der Waals surface area contributed by atoms with Crippen LogP contribution in [0.1, 0.15) is 47.9 Å². The lowest BCUT2D eigenvalue weighted by Gasteiger charge is -2.11. The number of hydrogen-bond donors (Lipinski definition) is 1. The van der Waals surface area contributed by atoms with E-state index in [1.807, 2.05) is 16.8 Å². The standard InChI is InChI=1S/C14H16BrN5O/c15-11-7-5-10(6-8-11)14(21)16-9-13-17-18-19-20(13)12-3-1-2-4-12/h5-8,12H,1-4,9H2,(H,16,21). The van der Waals surface area contributed by atoms with Crippen LogP contribution >= 0.6 is 15.9 Å². The summed E-state index contributed by atoms with van der Waals surface area (Å²) in [6, 6.07) is 7.62. The zero-order chi connectivity index (χ0) is 14.7. The third kappa shape index (κ3) is 3.29. The first-order valence-corrected chi connectivity index (χ1v) is 7.84. The number of aromatic nitrogens is 4. The van der Waals surface area contributed by atoms with Crippen LogP contribution in [0.4, 0.5) is 0 Å². The number of carbonyl (C=O) groups is 1. The van der Waals surface area contributed by atoms with Gasteiger partial charge in [0.2, 0.25) is 0 Å². The SMILES string of the molecule is O=C(NCc1nnnn1C1CCCC1)c1ccc(Br)cc1. The van der Waals surface area contributed by atoms with Crippen molar-refractivity contribution in [3.05, 3.63) is 40.1 Å². The van der Waals surface area contributed by atoms with Gasteiger partial charge in [-0.25, -0.2) is 4.68 Å². The van der Waals surface area contributed by atoms with Gasteiger partial charge in [-0.15, -0.1) is 5.10 Å². The maximum absolute atomic E-state index is 12.1. The average molecular weight is 350 g/mol. The molecule has 0 atom stereocenters. The number of tetrazole rings is 1. The van der Waals surface area contributed by atoms with Gasteiger partial charge in [0.15, 0.2) is 5.82 Å². The van der Waals surface area contributed by atoms with Gasteiger partial charge < -0.3 is 5.32 Å². The Kier molecular flexibility index (Phi) is 4.28. The van der Waals surface area contributed by atoms with Gasteiger partial charge >= 0.3 is 0 Å². The number of nitrogens with zero attached hydrogens (tertiary/aromatic N) is 4. The lowest BCUT2D eigenvalue weighted by atomic mass is 10.2. The van der Waals surface area contributed by atoms with Gasteiger partial charge in [-0.1, -0.05) is 28.8 Å². The highest BCUT2D eigenvalue weighted by Gasteiger charge is 2.21. The molecule has 6 nitrogen and oxygen atoms in total. The predicted molar refractivity (Wildman–Crippen MR) is 80.6 cm³/mol. The normalized spacial score (nSPS) is 15.3. The van der Waals surface area contributed by atoms with Gasteiger partial charge in [0, 0.05) is 10.0 Å². The minimum absolute atomic E-state index is 0.122. The van der Waals surface area contributed by atoms with Crippen LogP contribution in [0, 0.1) is 0 Å². The molecule has 21 heavy (non-hydrogen) atoms. The molecule has 1 fully saturated rings. The van der Waals surface area contributed by atoms with Gasteiger partial charge in [-0.2, -0.15) is 0 Å². The van der Waals surface area contributed by atoms with E-state index in [0.29, 0.717) is 24.0 Å². The Bertz CT molecular complexity index is 619. The van der Waals surface area contributed by atoms with Crippen LogP contribution in [-0.2, 0) is 6.54 Å². The molecule has 7 heteroatoms. The highest BCUT2D eigenvalue weighted by molar-refractivity contribution is 9.10. The summed E-state index contributed by atoms with van der Waals surface area (Å²) in [6.45, 7) is 0.346. The van der Waals surface area contributed by atoms with E-state index in [2.05, 4.69) is 36.8 Å². The highest BCUT2D eigenvalue weighted by atomic mass is 79.9. The Morgan fingerprint density at radius 1 is 1.29 bits per heavy atom. The van der Waals surface area contributed by atoms with E-state index in [1.165, 1.54) is 12.8 Å². The molecule has 0 saturated heterocycles. The summed E-state index contributed by atoms with van der Waals surface area (Å²) >= 11 is 3.35. The fourth-order valence-electron chi connectivity index (χ4n) is 2.62. The average Bonchev–Trinajstić information content (AvgIpc) is 3.16.